The number of rotatable bonds is 4. The van der Waals surface area contributed by atoms with Gasteiger partial charge in [0.05, 0.1) is 0 Å². The molecule has 0 radical (unpaired) electrons. The van der Waals surface area contributed by atoms with E-state index in [0.29, 0.717) is 17.5 Å². The normalized spacial score (nSPS) is 17.4. The second kappa shape index (κ2) is 11.9. The summed E-state index contributed by atoms with van der Waals surface area (Å²) in [7, 11) is 0. The molecule has 264 valence electrons. The van der Waals surface area contributed by atoms with Crippen LogP contribution in [0.4, 0.5) is 0 Å². The van der Waals surface area contributed by atoms with E-state index in [1.807, 2.05) is 42.1 Å². The van der Waals surface area contributed by atoms with E-state index in [1.165, 1.54) is 15.8 Å². The molecule has 2 aliphatic rings. The number of allylic oxidation sites excluding steroid dienone is 3. The van der Waals surface area contributed by atoms with Crippen molar-refractivity contribution >= 4 is 66.4 Å². The topological polar surface area (TPSA) is 65.0 Å². The van der Waals surface area contributed by atoms with Gasteiger partial charge in [0.15, 0.2) is 17.5 Å². The van der Waals surface area contributed by atoms with Crippen LogP contribution in [0.3, 0.4) is 0 Å². The zero-order valence-corrected chi connectivity index (χ0v) is 31.0. The zero-order valence-electron chi connectivity index (χ0n) is 30.2. The van der Waals surface area contributed by atoms with Crippen molar-refractivity contribution in [2.75, 3.05) is 0 Å². The predicted octanol–water partition coefficient (Wildman–Crippen LogP) is 13.6. The minimum absolute atomic E-state index is 0.0846. The molecule has 0 bridgehead atoms. The number of nitrogens with zero attached hydrogens (tertiary/aromatic N) is 3. The molecule has 12 rings (SSSR count). The monoisotopic (exact) mass is 737 g/mol. The Morgan fingerprint density at radius 2 is 1.18 bits per heavy atom. The molecule has 6 heteroatoms. The Kier molecular flexibility index (Phi) is 6.69. The summed E-state index contributed by atoms with van der Waals surface area (Å²) in [6.07, 6.45) is 8.96. The van der Waals surface area contributed by atoms with Gasteiger partial charge in [-0.3, -0.25) is 0 Å². The predicted molar refractivity (Wildman–Crippen MR) is 229 cm³/mol. The summed E-state index contributed by atoms with van der Waals surface area (Å²) in [5.74, 6) is 2.05. The van der Waals surface area contributed by atoms with Crippen LogP contribution in [0, 0.1) is 0 Å². The first kappa shape index (κ1) is 31.6. The summed E-state index contributed by atoms with van der Waals surface area (Å²) < 4.78 is 12.9. The zero-order chi connectivity index (χ0) is 37.0. The third-order valence-corrected chi connectivity index (χ3v) is 12.9. The van der Waals surface area contributed by atoms with Gasteiger partial charge in [0.2, 0.25) is 0 Å². The molecule has 0 N–H and O–H groups in total. The van der Waals surface area contributed by atoms with E-state index >= 15 is 0 Å². The van der Waals surface area contributed by atoms with Gasteiger partial charge < -0.3 is 8.83 Å². The first-order chi connectivity index (χ1) is 27.6. The summed E-state index contributed by atoms with van der Waals surface area (Å²) in [5, 5.41) is 6.41. The van der Waals surface area contributed by atoms with Crippen LogP contribution in [0.1, 0.15) is 18.4 Å². The van der Waals surface area contributed by atoms with Crippen LogP contribution in [0.25, 0.3) is 99.9 Å². The van der Waals surface area contributed by atoms with E-state index in [1.54, 1.807) is 0 Å². The summed E-state index contributed by atoms with van der Waals surface area (Å²) in [6.45, 7) is 2.32. The van der Waals surface area contributed by atoms with Crippen molar-refractivity contribution in [3.8, 4) is 45.3 Å². The number of furan rings is 2. The number of benzene rings is 7. The number of hydrogen-bond donors (Lipinski definition) is 0. The van der Waals surface area contributed by atoms with E-state index in [2.05, 4.69) is 140 Å². The van der Waals surface area contributed by atoms with Crippen molar-refractivity contribution in [1.82, 2.24) is 15.0 Å². The van der Waals surface area contributed by atoms with Crippen molar-refractivity contribution in [3.63, 3.8) is 0 Å². The van der Waals surface area contributed by atoms with E-state index in [9.17, 15) is 0 Å². The van der Waals surface area contributed by atoms with E-state index in [0.717, 1.165) is 77.1 Å². The number of fused-ring (bicyclic) bond motifs is 10. The van der Waals surface area contributed by atoms with Crippen molar-refractivity contribution < 1.29 is 8.83 Å². The molecule has 0 saturated carbocycles. The maximum Gasteiger partial charge on any atom is 0.164 e. The van der Waals surface area contributed by atoms with Crippen LogP contribution < -0.4 is 0 Å². The maximum atomic E-state index is 6.66. The Hall–Kier alpha value is -6.76. The third-order valence-electron chi connectivity index (χ3n) is 11.5. The maximum absolute atomic E-state index is 6.66. The molecule has 2 atom stereocenters. The van der Waals surface area contributed by atoms with Gasteiger partial charge >= 0.3 is 0 Å². The number of hydrogen-bond acceptors (Lipinski definition) is 6. The van der Waals surface area contributed by atoms with E-state index in [-0.39, 0.29) is 10.7 Å². The lowest BCUT2D eigenvalue weighted by atomic mass is 9.81. The van der Waals surface area contributed by atoms with Crippen molar-refractivity contribution in [2.45, 2.75) is 22.5 Å². The van der Waals surface area contributed by atoms with Gasteiger partial charge in [-0.05, 0) is 76.9 Å². The van der Waals surface area contributed by atoms with Crippen LogP contribution in [0.2, 0.25) is 0 Å². The first-order valence-corrected chi connectivity index (χ1v) is 19.7. The van der Waals surface area contributed by atoms with E-state index < -0.39 is 0 Å². The first-order valence-electron chi connectivity index (χ1n) is 18.9. The molecule has 1 aliphatic carbocycles. The minimum Gasteiger partial charge on any atom is -0.456 e. The molecule has 1 aliphatic heterocycles. The quantitative estimate of drug-likeness (QED) is 0.179. The van der Waals surface area contributed by atoms with Gasteiger partial charge in [0.1, 0.15) is 22.3 Å². The van der Waals surface area contributed by atoms with Gasteiger partial charge in [-0.1, -0.05) is 121 Å². The molecule has 0 saturated heterocycles. The Morgan fingerprint density at radius 3 is 2.02 bits per heavy atom. The average Bonchev–Trinajstić information content (AvgIpc) is 3.91. The summed E-state index contributed by atoms with van der Waals surface area (Å²) in [4.78, 5) is 17.4. The molecule has 5 nitrogen and oxygen atoms in total. The fraction of sp³-hybridized carbons (Fsp3) is 0.0600. The van der Waals surface area contributed by atoms with Gasteiger partial charge in [0, 0.05) is 53.8 Å². The molecule has 10 aromatic rings. The molecule has 7 aromatic carbocycles. The van der Waals surface area contributed by atoms with Crippen LogP contribution in [-0.4, -0.2) is 19.7 Å². The van der Waals surface area contributed by atoms with Crippen LogP contribution in [0.5, 0.6) is 0 Å². The summed E-state index contributed by atoms with van der Waals surface area (Å²) in [5.41, 5.74) is 9.41. The van der Waals surface area contributed by atoms with Crippen molar-refractivity contribution in [3.05, 3.63) is 169 Å². The molecule has 0 fully saturated rings. The standard InChI is InChI=1S/C50H31N3O2S/c1-50-25-9-8-18-38(50)46-36(17-11-22-43(46)56-50)48-51-47(31-24-23-29-12-2-3-13-30(29)26-31)52-49(53-48)37-27-32(28-42-45(37)35-15-5-7-20-40(35)55-42)33-16-10-21-41-44(33)34-14-4-6-19-39(34)54-41/h2-28,38H,1H3. The minimum atomic E-state index is -0.0846. The largest absolute Gasteiger partial charge is 0.456 e. The SMILES string of the molecule is CC12C=CC=CC1c1c(cccc1-c1nc(-c3ccc4ccccc4c3)nc(-c3cc(-c4cccc5oc6ccccc6c45)cc4oc5ccccc5c34)n1)S2. The Morgan fingerprint density at radius 1 is 0.518 bits per heavy atom. The van der Waals surface area contributed by atoms with Gasteiger partial charge in [-0.2, -0.15) is 0 Å². The second-order valence-corrected chi connectivity index (χ2v) is 16.4. The average molecular weight is 738 g/mol. The number of aromatic nitrogens is 3. The molecule has 2 unspecified atom stereocenters. The van der Waals surface area contributed by atoms with Crippen molar-refractivity contribution in [2.24, 2.45) is 0 Å². The molecule has 3 aromatic heterocycles. The fourth-order valence-electron chi connectivity index (χ4n) is 8.86. The second-order valence-electron chi connectivity index (χ2n) is 14.9. The fourth-order valence-corrected chi connectivity index (χ4v) is 10.3. The molecule has 0 spiro atoms. The molecular formula is C50H31N3O2S. The molecular weight excluding hydrogens is 707 g/mol. The third kappa shape index (κ3) is 4.72. The molecule has 56 heavy (non-hydrogen) atoms. The highest BCUT2D eigenvalue weighted by atomic mass is 32.2. The molecule has 4 heterocycles. The Bertz CT molecular complexity index is 3340. The van der Waals surface area contributed by atoms with E-state index in [4.69, 9.17) is 23.8 Å². The lowest BCUT2D eigenvalue weighted by molar-refractivity contribution is 0.668. The van der Waals surface area contributed by atoms with Crippen LogP contribution in [-0.2, 0) is 0 Å². The summed E-state index contributed by atoms with van der Waals surface area (Å²) >= 11 is 1.91. The van der Waals surface area contributed by atoms with Crippen molar-refractivity contribution in [1.29, 1.82) is 0 Å². The highest BCUT2D eigenvalue weighted by Gasteiger charge is 2.43. The number of thioether (sulfide) groups is 1. The lowest BCUT2D eigenvalue weighted by Crippen LogP contribution is -2.22. The summed E-state index contributed by atoms with van der Waals surface area (Å²) in [6, 6.07) is 48.4. The van der Waals surface area contributed by atoms with Gasteiger partial charge in [-0.15, -0.1) is 11.8 Å². The Labute approximate surface area is 326 Å². The highest BCUT2D eigenvalue weighted by Crippen LogP contribution is 2.58. The van der Waals surface area contributed by atoms with Crippen LogP contribution in [0.15, 0.2) is 178 Å². The highest BCUT2D eigenvalue weighted by molar-refractivity contribution is 8.01. The van der Waals surface area contributed by atoms with Gasteiger partial charge in [0.25, 0.3) is 0 Å². The molecule has 0 amide bonds. The number of para-hydroxylation sites is 2. The lowest BCUT2D eigenvalue weighted by Gasteiger charge is -2.28. The van der Waals surface area contributed by atoms with Crippen LogP contribution >= 0.6 is 11.8 Å². The smallest absolute Gasteiger partial charge is 0.164 e. The Balaban J connectivity index is 1.16. The van der Waals surface area contributed by atoms with Gasteiger partial charge in [-0.25, -0.2) is 15.0 Å².